The van der Waals surface area contributed by atoms with E-state index < -0.39 is 6.10 Å². The first-order valence-corrected chi connectivity index (χ1v) is 9.32. The van der Waals surface area contributed by atoms with Gasteiger partial charge >= 0.3 is 0 Å². The summed E-state index contributed by atoms with van der Waals surface area (Å²) in [5.41, 5.74) is 1.20. The molecule has 1 unspecified atom stereocenters. The van der Waals surface area contributed by atoms with Crippen molar-refractivity contribution in [1.82, 2.24) is 5.32 Å². The zero-order valence-corrected chi connectivity index (χ0v) is 16.5. The fourth-order valence-electron chi connectivity index (χ4n) is 2.61. The van der Waals surface area contributed by atoms with E-state index in [9.17, 15) is 4.79 Å². The lowest BCUT2D eigenvalue weighted by molar-refractivity contribution is -0.127. The van der Waals surface area contributed by atoms with Crippen LogP contribution in [-0.2, 0) is 11.2 Å². The molecule has 0 saturated carbocycles. The molecule has 0 bridgehead atoms. The number of rotatable bonds is 10. The number of benzene rings is 2. The Hall–Kier alpha value is -2.69. The van der Waals surface area contributed by atoms with Crippen molar-refractivity contribution in [3.8, 4) is 17.2 Å². The van der Waals surface area contributed by atoms with Crippen molar-refractivity contribution in [2.75, 3.05) is 13.7 Å². The normalized spacial score (nSPS) is 11.7. The highest BCUT2D eigenvalue weighted by molar-refractivity contribution is 5.80. The van der Waals surface area contributed by atoms with E-state index in [0.29, 0.717) is 12.3 Å². The molecule has 0 saturated heterocycles. The molecule has 0 fully saturated rings. The molecule has 0 aliphatic carbocycles. The minimum Gasteiger partial charge on any atom is -0.497 e. The van der Waals surface area contributed by atoms with Gasteiger partial charge in [0.15, 0.2) is 6.10 Å². The van der Waals surface area contributed by atoms with Crippen LogP contribution in [0.15, 0.2) is 48.5 Å². The minimum absolute atomic E-state index is 0.122. The average molecular weight is 371 g/mol. The molecular formula is C22H29NO4. The highest BCUT2D eigenvalue weighted by atomic mass is 16.5. The summed E-state index contributed by atoms with van der Waals surface area (Å²) in [5, 5.41) is 2.92. The predicted molar refractivity (Wildman–Crippen MR) is 107 cm³/mol. The van der Waals surface area contributed by atoms with E-state index in [0.717, 1.165) is 24.3 Å². The quantitative estimate of drug-likeness (QED) is 0.642. The zero-order chi connectivity index (χ0) is 19.6. The first-order valence-electron chi connectivity index (χ1n) is 9.32. The molecule has 5 heteroatoms. The van der Waals surface area contributed by atoms with Crippen LogP contribution in [0.25, 0.3) is 0 Å². The van der Waals surface area contributed by atoms with Gasteiger partial charge in [0.05, 0.1) is 13.2 Å². The number of hydrogen-bond acceptors (Lipinski definition) is 4. The van der Waals surface area contributed by atoms with E-state index in [1.165, 1.54) is 5.56 Å². The highest BCUT2D eigenvalue weighted by Crippen LogP contribution is 2.18. The Kier molecular flexibility index (Phi) is 7.99. The van der Waals surface area contributed by atoms with Crippen LogP contribution in [0, 0.1) is 0 Å². The maximum Gasteiger partial charge on any atom is 0.260 e. The fourth-order valence-corrected chi connectivity index (χ4v) is 2.61. The summed E-state index contributed by atoms with van der Waals surface area (Å²) in [7, 11) is 1.61. The van der Waals surface area contributed by atoms with Gasteiger partial charge in [-0.15, -0.1) is 0 Å². The Morgan fingerprint density at radius 1 is 0.963 bits per heavy atom. The maximum absolute atomic E-state index is 12.2. The van der Waals surface area contributed by atoms with Gasteiger partial charge in [-0.3, -0.25) is 4.79 Å². The second kappa shape index (κ2) is 10.5. The third-order valence-electron chi connectivity index (χ3n) is 3.95. The molecule has 2 rings (SSSR count). The monoisotopic (exact) mass is 371 g/mol. The van der Waals surface area contributed by atoms with Crippen LogP contribution in [0.2, 0.25) is 0 Å². The molecular weight excluding hydrogens is 342 g/mol. The third-order valence-corrected chi connectivity index (χ3v) is 3.95. The lowest BCUT2D eigenvalue weighted by Gasteiger charge is -2.15. The van der Waals surface area contributed by atoms with E-state index >= 15 is 0 Å². The minimum atomic E-state index is -0.554. The van der Waals surface area contributed by atoms with Crippen molar-refractivity contribution in [2.45, 2.75) is 45.8 Å². The molecule has 5 nitrogen and oxygen atoms in total. The summed E-state index contributed by atoms with van der Waals surface area (Å²) in [6.45, 7) is 6.37. The van der Waals surface area contributed by atoms with Crippen molar-refractivity contribution < 1.29 is 19.0 Å². The molecule has 1 atom stereocenters. The molecule has 2 aromatic rings. The molecule has 27 heavy (non-hydrogen) atoms. The van der Waals surface area contributed by atoms with E-state index in [1.807, 2.05) is 26.0 Å². The first-order chi connectivity index (χ1) is 13.0. The standard InChI is InChI=1S/C22H29NO4/c1-16(2)26-21-9-5-7-18(15-21)8-6-14-23-22(24)17(3)27-20-12-10-19(25-4)11-13-20/h5,7,9-13,15-17H,6,8,14H2,1-4H3,(H,23,24). The van der Waals surface area contributed by atoms with Crippen molar-refractivity contribution in [3.63, 3.8) is 0 Å². The summed E-state index contributed by atoms with van der Waals surface area (Å²) in [6, 6.07) is 15.3. The SMILES string of the molecule is COc1ccc(OC(C)C(=O)NCCCc2cccc(OC(C)C)c2)cc1. The molecule has 0 aromatic heterocycles. The van der Waals surface area contributed by atoms with Crippen molar-refractivity contribution >= 4 is 5.91 Å². The lowest BCUT2D eigenvalue weighted by atomic mass is 10.1. The van der Waals surface area contributed by atoms with Crippen molar-refractivity contribution in [3.05, 3.63) is 54.1 Å². The van der Waals surface area contributed by atoms with Crippen LogP contribution in [0.1, 0.15) is 32.8 Å². The lowest BCUT2D eigenvalue weighted by Crippen LogP contribution is -2.36. The van der Waals surface area contributed by atoms with Gasteiger partial charge in [0.25, 0.3) is 5.91 Å². The number of methoxy groups -OCH3 is 1. The molecule has 0 radical (unpaired) electrons. The van der Waals surface area contributed by atoms with Crippen LogP contribution < -0.4 is 19.5 Å². The fraction of sp³-hybridized carbons (Fsp3) is 0.409. The number of hydrogen-bond donors (Lipinski definition) is 1. The maximum atomic E-state index is 12.2. The second-order valence-corrected chi connectivity index (χ2v) is 6.64. The molecule has 2 aromatic carbocycles. The van der Waals surface area contributed by atoms with Gasteiger partial charge in [0, 0.05) is 6.54 Å². The van der Waals surface area contributed by atoms with Gasteiger partial charge in [0.1, 0.15) is 17.2 Å². The zero-order valence-electron chi connectivity index (χ0n) is 16.5. The Balaban J connectivity index is 1.72. The second-order valence-electron chi connectivity index (χ2n) is 6.64. The predicted octanol–water partition coefficient (Wildman–Crippen LogP) is 4.00. The molecule has 0 aliphatic rings. The number of carbonyl (C=O) groups excluding carboxylic acids is 1. The smallest absolute Gasteiger partial charge is 0.260 e. The van der Waals surface area contributed by atoms with Gasteiger partial charge in [-0.25, -0.2) is 0 Å². The Morgan fingerprint density at radius 2 is 1.67 bits per heavy atom. The van der Waals surface area contributed by atoms with Crippen LogP contribution in [0.5, 0.6) is 17.2 Å². The van der Waals surface area contributed by atoms with E-state index in [2.05, 4.69) is 17.4 Å². The number of ether oxygens (including phenoxy) is 3. The van der Waals surface area contributed by atoms with Gasteiger partial charge in [-0.1, -0.05) is 12.1 Å². The van der Waals surface area contributed by atoms with Crippen molar-refractivity contribution in [1.29, 1.82) is 0 Å². The summed E-state index contributed by atoms with van der Waals surface area (Å²) in [5.74, 6) is 2.15. The molecule has 1 amide bonds. The molecule has 1 N–H and O–H groups in total. The number of carbonyl (C=O) groups is 1. The van der Waals surface area contributed by atoms with Crippen molar-refractivity contribution in [2.24, 2.45) is 0 Å². The van der Waals surface area contributed by atoms with Crippen LogP contribution in [0.3, 0.4) is 0 Å². The number of nitrogens with one attached hydrogen (secondary N) is 1. The van der Waals surface area contributed by atoms with Crippen LogP contribution >= 0.6 is 0 Å². The Labute approximate surface area is 161 Å². The van der Waals surface area contributed by atoms with Gasteiger partial charge in [0.2, 0.25) is 0 Å². The third kappa shape index (κ3) is 7.21. The molecule has 0 aliphatic heterocycles. The average Bonchev–Trinajstić information content (AvgIpc) is 2.65. The van der Waals surface area contributed by atoms with Crippen LogP contribution in [-0.4, -0.2) is 31.8 Å². The van der Waals surface area contributed by atoms with E-state index in [-0.39, 0.29) is 12.0 Å². The largest absolute Gasteiger partial charge is 0.497 e. The van der Waals surface area contributed by atoms with Crippen LogP contribution in [0.4, 0.5) is 0 Å². The molecule has 0 heterocycles. The van der Waals surface area contributed by atoms with E-state index in [4.69, 9.17) is 14.2 Å². The molecule has 146 valence electrons. The highest BCUT2D eigenvalue weighted by Gasteiger charge is 2.14. The topological polar surface area (TPSA) is 56.8 Å². The number of aryl methyl sites for hydroxylation is 1. The summed E-state index contributed by atoms with van der Waals surface area (Å²) < 4.78 is 16.5. The van der Waals surface area contributed by atoms with Gasteiger partial charge in [-0.05, 0) is 75.6 Å². The number of amides is 1. The summed E-state index contributed by atoms with van der Waals surface area (Å²) in [6.07, 6.45) is 1.34. The molecule has 0 spiro atoms. The Morgan fingerprint density at radius 3 is 2.33 bits per heavy atom. The summed E-state index contributed by atoms with van der Waals surface area (Å²) >= 11 is 0. The Bertz CT molecular complexity index is 713. The van der Waals surface area contributed by atoms with Gasteiger partial charge in [-0.2, -0.15) is 0 Å². The summed E-state index contributed by atoms with van der Waals surface area (Å²) in [4.78, 5) is 12.2. The van der Waals surface area contributed by atoms with E-state index in [1.54, 1.807) is 38.3 Å². The van der Waals surface area contributed by atoms with Gasteiger partial charge < -0.3 is 19.5 Å². The first kappa shape index (κ1) is 20.6.